The maximum atomic E-state index is 14.0. The van der Waals surface area contributed by atoms with Crippen LogP contribution in [0.2, 0.25) is 0 Å². The van der Waals surface area contributed by atoms with E-state index in [2.05, 4.69) is 9.62 Å². The number of fused-ring (bicyclic) bond motifs is 2. The molecule has 2 aromatic rings. The lowest BCUT2D eigenvalue weighted by atomic mass is 9.66. The summed E-state index contributed by atoms with van der Waals surface area (Å²) in [4.78, 5) is 18.0. The number of hydrogen-bond donors (Lipinski definition) is 1. The second kappa shape index (κ2) is 9.26. The summed E-state index contributed by atoms with van der Waals surface area (Å²) in [5.74, 6) is -2.68. The Balaban J connectivity index is 0.00000323. The Hall–Kier alpha value is -2.52. The minimum absolute atomic E-state index is 0. The highest BCUT2D eigenvalue weighted by molar-refractivity contribution is 7.92. The number of anilines is 2. The smallest absolute Gasteiger partial charge is 0.258 e. The minimum atomic E-state index is -3.42. The van der Waals surface area contributed by atoms with E-state index in [4.69, 9.17) is 0 Å². The van der Waals surface area contributed by atoms with E-state index in [1.807, 2.05) is 48.2 Å². The van der Waals surface area contributed by atoms with E-state index >= 15 is 0 Å². The average molecular weight is 560 g/mol. The zero-order chi connectivity index (χ0) is 27.6. The van der Waals surface area contributed by atoms with Crippen LogP contribution in [0.1, 0.15) is 87.2 Å². The molecule has 1 unspecified atom stereocenters. The van der Waals surface area contributed by atoms with Crippen LogP contribution in [0.4, 0.5) is 20.2 Å². The summed E-state index contributed by atoms with van der Waals surface area (Å²) in [6, 6.07) is 13.0. The molecule has 1 amide bonds. The molecule has 2 saturated carbocycles. The number of carbonyl (C=O) groups is 1. The van der Waals surface area contributed by atoms with Gasteiger partial charge >= 0.3 is 0 Å². The number of piperidine rings is 1. The largest absolute Gasteiger partial charge is 0.307 e. The zero-order valence-corrected chi connectivity index (χ0v) is 23.5. The summed E-state index contributed by atoms with van der Waals surface area (Å²) in [6.07, 6.45) is 7.69. The number of alkyl halides is 2. The number of likely N-dealkylation sites (tertiary alicyclic amines) is 1. The SMILES string of the molecule is CC(c1cccc(C(=O)N2CC3(CCC4(CC4)CC3)c3cc(NS(C)(=O)=O)ccc32)c1)N1CCC(F)(F)CC1.[HH]. The number of nitrogens with zero attached hydrogens (tertiary/aromatic N) is 2. The van der Waals surface area contributed by atoms with Crippen molar-refractivity contribution in [1.29, 1.82) is 0 Å². The normalized spacial score (nSPS) is 23.9. The van der Waals surface area contributed by atoms with E-state index in [1.165, 1.54) is 12.8 Å². The molecular formula is C30H39F2N3O3S. The van der Waals surface area contributed by atoms with Crippen LogP contribution in [0.25, 0.3) is 0 Å². The number of carbonyl (C=O) groups excluding carboxylic acids is 1. The molecule has 3 fully saturated rings. The fraction of sp³-hybridized carbons (Fsp3) is 0.567. The average Bonchev–Trinajstić information content (AvgIpc) is 3.59. The van der Waals surface area contributed by atoms with Gasteiger partial charge in [-0.25, -0.2) is 17.2 Å². The van der Waals surface area contributed by atoms with Crippen molar-refractivity contribution >= 4 is 27.3 Å². The second-order valence-electron chi connectivity index (χ2n) is 12.5. The molecule has 0 bridgehead atoms. The van der Waals surface area contributed by atoms with Crippen LogP contribution in [0.15, 0.2) is 42.5 Å². The van der Waals surface area contributed by atoms with Crippen LogP contribution in [0, 0.1) is 5.41 Å². The van der Waals surface area contributed by atoms with E-state index in [1.54, 1.807) is 6.07 Å². The van der Waals surface area contributed by atoms with Crippen molar-refractivity contribution in [3.8, 4) is 0 Å². The van der Waals surface area contributed by atoms with E-state index in [0.29, 0.717) is 36.3 Å². The molecule has 9 heteroatoms. The summed E-state index contributed by atoms with van der Waals surface area (Å²) in [5.41, 5.74) is 4.26. The third-order valence-electron chi connectivity index (χ3n) is 9.79. The summed E-state index contributed by atoms with van der Waals surface area (Å²) in [6.45, 7) is 3.26. The second-order valence-corrected chi connectivity index (χ2v) is 14.2. The van der Waals surface area contributed by atoms with Gasteiger partial charge < -0.3 is 4.90 Å². The first kappa shape index (κ1) is 26.7. The van der Waals surface area contributed by atoms with Crippen molar-refractivity contribution in [1.82, 2.24) is 4.90 Å². The van der Waals surface area contributed by atoms with Crippen molar-refractivity contribution < 1.29 is 23.4 Å². The van der Waals surface area contributed by atoms with Crippen LogP contribution in [-0.2, 0) is 15.4 Å². The van der Waals surface area contributed by atoms with Crippen LogP contribution < -0.4 is 9.62 Å². The summed E-state index contributed by atoms with van der Waals surface area (Å²) < 4.78 is 53.9. The maximum absolute atomic E-state index is 14.0. The molecule has 4 aliphatic rings. The predicted molar refractivity (Wildman–Crippen MR) is 151 cm³/mol. The Morgan fingerprint density at radius 2 is 1.64 bits per heavy atom. The third kappa shape index (κ3) is 5.20. The molecule has 2 heterocycles. The summed E-state index contributed by atoms with van der Waals surface area (Å²) in [7, 11) is -3.42. The number of benzene rings is 2. The van der Waals surface area contributed by atoms with Crippen molar-refractivity contribution in [3.63, 3.8) is 0 Å². The number of rotatable bonds is 5. The molecule has 2 aliphatic heterocycles. The lowest BCUT2D eigenvalue weighted by Crippen LogP contribution is -2.41. The third-order valence-corrected chi connectivity index (χ3v) is 10.4. The molecule has 6 nitrogen and oxygen atoms in total. The summed E-state index contributed by atoms with van der Waals surface area (Å²) in [5, 5.41) is 0. The number of amides is 1. The molecule has 1 atom stereocenters. The van der Waals surface area contributed by atoms with E-state index < -0.39 is 15.9 Å². The first-order chi connectivity index (χ1) is 18.4. The first-order valence-electron chi connectivity index (χ1n) is 14.0. The standard InChI is InChI=1S/C30H37F2N3O3S.H2/c1-21(34-16-14-30(31,32)15-17-34)22-4-3-5-23(18-22)27(36)35-20-29(12-10-28(8-9-28)11-13-29)25-19-24(6-7-26(25)35)33-39(2,37)38;/h3-7,18-19,21,33H,8-17,20H2,1-2H3;1H. The highest BCUT2D eigenvalue weighted by atomic mass is 32.2. The first-order valence-corrected chi connectivity index (χ1v) is 15.9. The molecule has 39 heavy (non-hydrogen) atoms. The minimum Gasteiger partial charge on any atom is -0.307 e. The van der Waals surface area contributed by atoms with Crippen molar-refractivity contribution in [2.45, 2.75) is 75.7 Å². The molecule has 212 valence electrons. The lowest BCUT2D eigenvalue weighted by Gasteiger charge is -2.38. The number of nitrogens with one attached hydrogen (secondary N) is 1. The van der Waals surface area contributed by atoms with Gasteiger partial charge in [0.05, 0.1) is 6.26 Å². The molecule has 1 saturated heterocycles. The Bertz CT molecular complexity index is 1390. The van der Waals surface area contributed by atoms with Gasteiger partial charge in [-0.1, -0.05) is 12.1 Å². The zero-order valence-electron chi connectivity index (χ0n) is 22.7. The molecular weight excluding hydrogens is 520 g/mol. The van der Waals surface area contributed by atoms with Gasteiger partial charge in [0.2, 0.25) is 10.0 Å². The van der Waals surface area contributed by atoms with Gasteiger partial charge in [-0.3, -0.25) is 14.4 Å². The van der Waals surface area contributed by atoms with Gasteiger partial charge in [-0.2, -0.15) is 0 Å². The molecule has 2 aliphatic carbocycles. The summed E-state index contributed by atoms with van der Waals surface area (Å²) >= 11 is 0. The van der Waals surface area contributed by atoms with Gasteiger partial charge in [-0.05, 0) is 92.3 Å². The van der Waals surface area contributed by atoms with Crippen LogP contribution >= 0.6 is 0 Å². The lowest BCUT2D eigenvalue weighted by molar-refractivity contribution is -0.0620. The molecule has 0 aromatic heterocycles. The topological polar surface area (TPSA) is 69.7 Å². The number of sulfonamides is 1. The highest BCUT2D eigenvalue weighted by Crippen LogP contribution is 2.62. The Morgan fingerprint density at radius 3 is 2.28 bits per heavy atom. The van der Waals surface area contributed by atoms with Gasteiger partial charge in [0.25, 0.3) is 11.8 Å². The van der Waals surface area contributed by atoms with Gasteiger partial charge in [0.15, 0.2) is 0 Å². The van der Waals surface area contributed by atoms with Crippen LogP contribution in [-0.4, -0.2) is 51.0 Å². The van der Waals surface area contributed by atoms with Crippen molar-refractivity contribution in [3.05, 3.63) is 59.2 Å². The number of halogens is 2. The van der Waals surface area contributed by atoms with Gasteiger partial charge in [0, 0.05) is 62.3 Å². The monoisotopic (exact) mass is 559 g/mol. The fourth-order valence-electron chi connectivity index (χ4n) is 7.03. The maximum Gasteiger partial charge on any atom is 0.258 e. The van der Waals surface area contributed by atoms with Crippen molar-refractivity contribution in [2.75, 3.05) is 35.5 Å². The molecule has 2 aromatic carbocycles. The molecule has 0 radical (unpaired) electrons. The van der Waals surface area contributed by atoms with E-state index in [0.717, 1.165) is 48.8 Å². The Labute approximate surface area is 231 Å². The van der Waals surface area contributed by atoms with Crippen LogP contribution in [0.3, 0.4) is 0 Å². The Kier molecular flexibility index (Phi) is 6.34. The highest BCUT2D eigenvalue weighted by Gasteiger charge is 2.53. The molecule has 2 spiro atoms. The quantitative estimate of drug-likeness (QED) is 0.464. The van der Waals surface area contributed by atoms with Gasteiger partial charge in [0.1, 0.15) is 0 Å². The van der Waals surface area contributed by atoms with Gasteiger partial charge in [-0.15, -0.1) is 0 Å². The molecule has 1 N–H and O–H groups in total. The van der Waals surface area contributed by atoms with E-state index in [-0.39, 0.29) is 31.6 Å². The predicted octanol–water partition coefficient (Wildman–Crippen LogP) is 6.35. The molecule has 6 rings (SSSR count). The number of hydrogen-bond acceptors (Lipinski definition) is 4. The van der Waals surface area contributed by atoms with Crippen LogP contribution in [0.5, 0.6) is 0 Å². The van der Waals surface area contributed by atoms with E-state index in [9.17, 15) is 22.0 Å². The Morgan fingerprint density at radius 1 is 0.974 bits per heavy atom. The van der Waals surface area contributed by atoms with Crippen molar-refractivity contribution in [2.24, 2.45) is 5.41 Å². The fourth-order valence-corrected chi connectivity index (χ4v) is 7.58.